The zero-order valence-corrected chi connectivity index (χ0v) is 15.1. The zero-order valence-electron chi connectivity index (χ0n) is 15.1. The van der Waals surface area contributed by atoms with E-state index in [0.717, 1.165) is 5.56 Å². The second kappa shape index (κ2) is 9.41. The molecule has 29 heavy (non-hydrogen) atoms. The molecule has 0 unspecified atom stereocenters. The lowest BCUT2D eigenvalue weighted by atomic mass is 10.1. The molecule has 1 heterocycles. The van der Waals surface area contributed by atoms with E-state index in [-0.39, 0.29) is 24.1 Å². The van der Waals surface area contributed by atoms with Gasteiger partial charge in [0.2, 0.25) is 0 Å². The van der Waals surface area contributed by atoms with Gasteiger partial charge < -0.3 is 15.4 Å². The number of aromatic nitrogens is 1. The molecule has 2 aromatic carbocycles. The fourth-order valence-electron chi connectivity index (χ4n) is 2.51. The standard InChI is InChI=1S/C21H17F2N3O3/c22-21(23)29-18-8-6-14(7-9-18)12-25-19(27)15-3-1-5-17(11-15)26-20(28)16-4-2-10-24-13-16/h1-11,13,21H,12H2,(H,25,27)(H,26,28). The molecule has 8 heteroatoms. The fourth-order valence-corrected chi connectivity index (χ4v) is 2.51. The second-order valence-corrected chi connectivity index (χ2v) is 5.98. The molecule has 6 nitrogen and oxygen atoms in total. The van der Waals surface area contributed by atoms with Gasteiger partial charge in [0.15, 0.2) is 0 Å². The van der Waals surface area contributed by atoms with Crippen molar-refractivity contribution in [3.63, 3.8) is 0 Å². The van der Waals surface area contributed by atoms with Crippen molar-refractivity contribution in [2.24, 2.45) is 0 Å². The lowest BCUT2D eigenvalue weighted by Crippen LogP contribution is -2.23. The van der Waals surface area contributed by atoms with Crippen LogP contribution >= 0.6 is 0 Å². The number of hydrogen-bond donors (Lipinski definition) is 2. The number of alkyl halides is 2. The van der Waals surface area contributed by atoms with E-state index in [2.05, 4.69) is 20.4 Å². The first kappa shape index (κ1) is 19.9. The Morgan fingerprint density at radius 2 is 1.72 bits per heavy atom. The summed E-state index contributed by atoms with van der Waals surface area (Å²) in [6.45, 7) is -2.67. The number of anilines is 1. The predicted molar refractivity (Wildman–Crippen MR) is 103 cm³/mol. The van der Waals surface area contributed by atoms with Gasteiger partial charge in [-0.3, -0.25) is 14.6 Å². The number of ether oxygens (including phenoxy) is 1. The molecule has 0 spiro atoms. The predicted octanol–water partition coefficient (Wildman–Crippen LogP) is 3.87. The van der Waals surface area contributed by atoms with Crippen molar-refractivity contribution in [1.82, 2.24) is 10.3 Å². The number of rotatable bonds is 7. The third-order valence-electron chi connectivity index (χ3n) is 3.91. The van der Waals surface area contributed by atoms with Crippen molar-refractivity contribution in [1.29, 1.82) is 0 Å². The quantitative estimate of drug-likeness (QED) is 0.634. The molecule has 2 N–H and O–H groups in total. The molecule has 0 saturated heterocycles. The summed E-state index contributed by atoms with van der Waals surface area (Å²) in [4.78, 5) is 28.5. The van der Waals surface area contributed by atoms with E-state index in [9.17, 15) is 18.4 Å². The first-order chi connectivity index (χ1) is 14.0. The molecule has 3 rings (SSSR count). The van der Waals surface area contributed by atoms with Crippen LogP contribution in [0.4, 0.5) is 14.5 Å². The number of carbonyl (C=O) groups is 2. The number of hydrogen-bond acceptors (Lipinski definition) is 4. The number of pyridine rings is 1. The van der Waals surface area contributed by atoms with Gasteiger partial charge in [0.1, 0.15) is 5.75 Å². The van der Waals surface area contributed by atoms with Crippen molar-refractivity contribution < 1.29 is 23.1 Å². The molecule has 0 aliphatic heterocycles. The minimum atomic E-state index is -2.88. The van der Waals surface area contributed by atoms with E-state index >= 15 is 0 Å². The highest BCUT2D eigenvalue weighted by molar-refractivity contribution is 6.04. The van der Waals surface area contributed by atoms with Gasteiger partial charge in [0.25, 0.3) is 11.8 Å². The number of benzene rings is 2. The average molecular weight is 397 g/mol. The van der Waals surface area contributed by atoms with Gasteiger partial charge in [0.05, 0.1) is 5.56 Å². The van der Waals surface area contributed by atoms with Gasteiger partial charge in [-0.1, -0.05) is 18.2 Å². The summed E-state index contributed by atoms with van der Waals surface area (Å²) in [5.41, 5.74) is 1.97. The molecule has 0 bridgehead atoms. The van der Waals surface area contributed by atoms with Crippen LogP contribution in [0.2, 0.25) is 0 Å². The SMILES string of the molecule is O=C(NCc1ccc(OC(F)F)cc1)c1cccc(NC(=O)c2cccnc2)c1. The van der Waals surface area contributed by atoms with E-state index in [0.29, 0.717) is 16.8 Å². The fraction of sp³-hybridized carbons (Fsp3) is 0.0952. The van der Waals surface area contributed by atoms with Crippen LogP contribution < -0.4 is 15.4 Å². The smallest absolute Gasteiger partial charge is 0.387 e. The lowest BCUT2D eigenvalue weighted by molar-refractivity contribution is -0.0498. The Bertz CT molecular complexity index is 980. The van der Waals surface area contributed by atoms with Crippen LogP contribution in [-0.2, 0) is 6.54 Å². The molecular weight excluding hydrogens is 380 g/mol. The van der Waals surface area contributed by atoms with Gasteiger partial charge in [-0.2, -0.15) is 8.78 Å². The van der Waals surface area contributed by atoms with E-state index in [1.165, 1.54) is 18.3 Å². The summed E-state index contributed by atoms with van der Waals surface area (Å²) >= 11 is 0. The second-order valence-electron chi connectivity index (χ2n) is 5.98. The number of amides is 2. The third kappa shape index (κ3) is 5.83. The van der Waals surface area contributed by atoms with E-state index in [1.54, 1.807) is 54.7 Å². The van der Waals surface area contributed by atoms with Gasteiger partial charge in [-0.05, 0) is 48.0 Å². The van der Waals surface area contributed by atoms with Crippen LogP contribution in [0.1, 0.15) is 26.3 Å². The Kier molecular flexibility index (Phi) is 6.47. The van der Waals surface area contributed by atoms with Gasteiger partial charge in [0, 0.05) is 30.2 Å². The highest BCUT2D eigenvalue weighted by Gasteiger charge is 2.10. The van der Waals surface area contributed by atoms with E-state index < -0.39 is 6.61 Å². The normalized spacial score (nSPS) is 10.4. The summed E-state index contributed by atoms with van der Waals surface area (Å²) in [5, 5.41) is 5.45. The Hall–Kier alpha value is -3.81. The molecule has 0 fully saturated rings. The van der Waals surface area contributed by atoms with E-state index in [4.69, 9.17) is 0 Å². The molecule has 3 aromatic rings. The van der Waals surface area contributed by atoms with Crippen molar-refractivity contribution >= 4 is 17.5 Å². The first-order valence-electron chi connectivity index (χ1n) is 8.64. The minimum absolute atomic E-state index is 0.0483. The Morgan fingerprint density at radius 1 is 0.966 bits per heavy atom. The minimum Gasteiger partial charge on any atom is -0.435 e. The Morgan fingerprint density at radius 3 is 2.41 bits per heavy atom. The Balaban J connectivity index is 1.58. The van der Waals surface area contributed by atoms with Crippen LogP contribution in [0.5, 0.6) is 5.75 Å². The van der Waals surface area contributed by atoms with Crippen molar-refractivity contribution in [3.8, 4) is 5.75 Å². The van der Waals surface area contributed by atoms with Crippen LogP contribution in [-0.4, -0.2) is 23.4 Å². The Labute approximate surface area is 165 Å². The van der Waals surface area contributed by atoms with Gasteiger partial charge >= 0.3 is 6.61 Å². The zero-order chi connectivity index (χ0) is 20.6. The maximum absolute atomic E-state index is 12.4. The molecule has 1 aromatic heterocycles. The summed E-state index contributed by atoms with van der Waals surface area (Å²) < 4.78 is 28.6. The van der Waals surface area contributed by atoms with Crippen LogP contribution in [0.25, 0.3) is 0 Å². The van der Waals surface area contributed by atoms with Crippen LogP contribution in [0.15, 0.2) is 73.1 Å². The van der Waals surface area contributed by atoms with Crippen LogP contribution in [0, 0.1) is 0 Å². The van der Waals surface area contributed by atoms with Crippen molar-refractivity contribution in [2.45, 2.75) is 13.2 Å². The molecule has 0 atom stereocenters. The molecule has 0 aliphatic rings. The van der Waals surface area contributed by atoms with Crippen LogP contribution in [0.3, 0.4) is 0 Å². The maximum atomic E-state index is 12.4. The van der Waals surface area contributed by atoms with E-state index in [1.807, 2.05) is 0 Å². The average Bonchev–Trinajstić information content (AvgIpc) is 2.73. The van der Waals surface area contributed by atoms with Crippen molar-refractivity contribution in [2.75, 3.05) is 5.32 Å². The molecule has 0 radical (unpaired) electrons. The summed E-state index contributed by atoms with van der Waals surface area (Å²) in [7, 11) is 0. The monoisotopic (exact) mass is 397 g/mol. The number of nitrogens with zero attached hydrogens (tertiary/aromatic N) is 1. The largest absolute Gasteiger partial charge is 0.435 e. The molecule has 0 saturated carbocycles. The molecule has 0 aliphatic carbocycles. The highest BCUT2D eigenvalue weighted by Crippen LogP contribution is 2.15. The number of halogens is 2. The first-order valence-corrected chi connectivity index (χ1v) is 8.64. The summed E-state index contributed by atoms with van der Waals surface area (Å²) in [6, 6.07) is 15.8. The molecular formula is C21H17F2N3O3. The van der Waals surface area contributed by atoms with Gasteiger partial charge in [-0.25, -0.2) is 0 Å². The highest BCUT2D eigenvalue weighted by atomic mass is 19.3. The molecule has 148 valence electrons. The number of carbonyl (C=O) groups excluding carboxylic acids is 2. The lowest BCUT2D eigenvalue weighted by Gasteiger charge is -2.09. The topological polar surface area (TPSA) is 80.3 Å². The summed E-state index contributed by atoms with van der Waals surface area (Å²) in [6.07, 6.45) is 3.02. The maximum Gasteiger partial charge on any atom is 0.387 e. The summed E-state index contributed by atoms with van der Waals surface area (Å²) in [5.74, 6) is -0.621. The van der Waals surface area contributed by atoms with Gasteiger partial charge in [-0.15, -0.1) is 0 Å². The third-order valence-corrected chi connectivity index (χ3v) is 3.91. The molecule has 2 amide bonds. The number of nitrogens with one attached hydrogen (secondary N) is 2. The van der Waals surface area contributed by atoms with Crippen molar-refractivity contribution in [3.05, 3.63) is 89.7 Å².